The van der Waals surface area contributed by atoms with Gasteiger partial charge < -0.3 is 15.5 Å². The SMILES string of the molecule is CN=C(NCc1ccc(F)cc1)NCC1CC(=O)N(CCc2ccccc2)C1.I. The van der Waals surface area contributed by atoms with E-state index in [2.05, 4.69) is 27.8 Å². The Kier molecular flexibility index (Phi) is 9.37. The second kappa shape index (κ2) is 11.7. The van der Waals surface area contributed by atoms with Crippen molar-refractivity contribution in [3.8, 4) is 0 Å². The number of nitrogens with zero attached hydrogens (tertiary/aromatic N) is 2. The van der Waals surface area contributed by atoms with E-state index in [1.165, 1.54) is 17.7 Å². The fraction of sp³-hybridized carbons (Fsp3) is 0.364. The Balaban J connectivity index is 0.00000300. The summed E-state index contributed by atoms with van der Waals surface area (Å²) in [5.74, 6) is 0.929. The van der Waals surface area contributed by atoms with Crippen LogP contribution in [0.3, 0.4) is 0 Å². The second-order valence-electron chi connectivity index (χ2n) is 7.08. The van der Waals surface area contributed by atoms with Crippen molar-refractivity contribution in [3.05, 3.63) is 71.5 Å². The van der Waals surface area contributed by atoms with Gasteiger partial charge in [-0.05, 0) is 29.7 Å². The molecule has 1 fully saturated rings. The minimum absolute atomic E-state index is 0. The van der Waals surface area contributed by atoms with Crippen LogP contribution in [0, 0.1) is 11.7 Å². The van der Waals surface area contributed by atoms with E-state index >= 15 is 0 Å². The highest BCUT2D eigenvalue weighted by Gasteiger charge is 2.29. The molecule has 1 aliphatic rings. The number of guanidine groups is 1. The van der Waals surface area contributed by atoms with Crippen molar-refractivity contribution in [2.24, 2.45) is 10.9 Å². The van der Waals surface area contributed by atoms with Crippen molar-refractivity contribution in [1.82, 2.24) is 15.5 Å². The summed E-state index contributed by atoms with van der Waals surface area (Å²) in [7, 11) is 1.71. The Morgan fingerprint density at radius 3 is 2.52 bits per heavy atom. The molecule has 5 nitrogen and oxygen atoms in total. The van der Waals surface area contributed by atoms with E-state index in [1.807, 2.05) is 23.1 Å². The third-order valence-electron chi connectivity index (χ3n) is 4.96. The molecule has 156 valence electrons. The number of carbonyl (C=O) groups is 1. The molecule has 1 aliphatic heterocycles. The Labute approximate surface area is 188 Å². The van der Waals surface area contributed by atoms with Gasteiger partial charge in [0.25, 0.3) is 0 Å². The summed E-state index contributed by atoms with van der Waals surface area (Å²) in [6.07, 6.45) is 1.45. The van der Waals surface area contributed by atoms with Crippen LogP contribution in [0.1, 0.15) is 17.5 Å². The molecule has 0 aliphatic carbocycles. The molecule has 0 aromatic heterocycles. The predicted octanol–water partition coefficient (Wildman–Crippen LogP) is 3.20. The molecule has 7 heteroatoms. The maximum Gasteiger partial charge on any atom is 0.223 e. The monoisotopic (exact) mass is 510 g/mol. The number of hydrogen-bond acceptors (Lipinski definition) is 2. The van der Waals surface area contributed by atoms with Crippen LogP contribution in [0.5, 0.6) is 0 Å². The lowest BCUT2D eigenvalue weighted by molar-refractivity contribution is -0.127. The minimum atomic E-state index is -0.242. The lowest BCUT2D eigenvalue weighted by atomic mass is 10.1. The van der Waals surface area contributed by atoms with Gasteiger partial charge in [0.1, 0.15) is 5.82 Å². The zero-order valence-electron chi connectivity index (χ0n) is 16.6. The molecule has 0 bridgehead atoms. The number of carbonyl (C=O) groups excluding carboxylic acids is 1. The summed E-state index contributed by atoms with van der Waals surface area (Å²) in [6.45, 7) is 2.79. The molecule has 3 rings (SSSR count). The first kappa shape index (κ1) is 23.1. The molecule has 2 aromatic carbocycles. The molecule has 2 N–H and O–H groups in total. The van der Waals surface area contributed by atoms with Crippen LogP contribution in [-0.2, 0) is 17.8 Å². The summed E-state index contributed by atoms with van der Waals surface area (Å²) >= 11 is 0. The maximum absolute atomic E-state index is 13.0. The number of nitrogens with one attached hydrogen (secondary N) is 2. The predicted molar refractivity (Wildman–Crippen MR) is 125 cm³/mol. The van der Waals surface area contributed by atoms with Gasteiger partial charge in [-0.2, -0.15) is 0 Å². The molecule has 1 amide bonds. The number of hydrogen-bond donors (Lipinski definition) is 2. The molecule has 0 saturated carbocycles. The van der Waals surface area contributed by atoms with E-state index < -0.39 is 0 Å². The lowest BCUT2D eigenvalue weighted by Crippen LogP contribution is -2.40. The quantitative estimate of drug-likeness (QED) is 0.342. The van der Waals surface area contributed by atoms with Crippen molar-refractivity contribution in [3.63, 3.8) is 0 Å². The highest BCUT2D eigenvalue weighted by molar-refractivity contribution is 14.0. The van der Waals surface area contributed by atoms with Gasteiger partial charge in [-0.15, -0.1) is 24.0 Å². The van der Waals surface area contributed by atoms with Crippen LogP contribution >= 0.6 is 24.0 Å². The maximum atomic E-state index is 13.0. The number of benzene rings is 2. The van der Waals surface area contributed by atoms with E-state index in [4.69, 9.17) is 0 Å². The Bertz CT molecular complexity index is 798. The van der Waals surface area contributed by atoms with Crippen molar-refractivity contribution >= 4 is 35.8 Å². The largest absolute Gasteiger partial charge is 0.356 e. The van der Waals surface area contributed by atoms with Gasteiger partial charge in [0.2, 0.25) is 5.91 Å². The van der Waals surface area contributed by atoms with Gasteiger partial charge >= 0.3 is 0 Å². The third kappa shape index (κ3) is 7.30. The molecular weight excluding hydrogens is 482 g/mol. The van der Waals surface area contributed by atoms with E-state index in [9.17, 15) is 9.18 Å². The minimum Gasteiger partial charge on any atom is -0.356 e. The normalized spacial score (nSPS) is 16.5. The topological polar surface area (TPSA) is 56.7 Å². The van der Waals surface area contributed by atoms with Gasteiger partial charge in [-0.3, -0.25) is 9.79 Å². The molecular formula is C22H28FIN4O. The average molecular weight is 510 g/mol. The van der Waals surface area contributed by atoms with Crippen LogP contribution in [0.4, 0.5) is 4.39 Å². The van der Waals surface area contributed by atoms with Crippen LogP contribution in [0.25, 0.3) is 0 Å². The Hall–Kier alpha value is -2.16. The zero-order valence-corrected chi connectivity index (χ0v) is 18.9. The van der Waals surface area contributed by atoms with Gasteiger partial charge in [-0.25, -0.2) is 4.39 Å². The first-order valence-corrected chi connectivity index (χ1v) is 9.64. The fourth-order valence-electron chi connectivity index (χ4n) is 3.37. The summed E-state index contributed by atoms with van der Waals surface area (Å²) in [5, 5.41) is 6.51. The number of aliphatic imine (C=N–C) groups is 1. The molecule has 29 heavy (non-hydrogen) atoms. The first-order valence-electron chi connectivity index (χ1n) is 9.64. The third-order valence-corrected chi connectivity index (χ3v) is 4.96. The molecule has 1 saturated heterocycles. The van der Waals surface area contributed by atoms with Gasteiger partial charge in [0.05, 0.1) is 0 Å². The van der Waals surface area contributed by atoms with Crippen molar-refractivity contribution in [1.29, 1.82) is 0 Å². The van der Waals surface area contributed by atoms with Crippen molar-refractivity contribution in [2.45, 2.75) is 19.4 Å². The Morgan fingerprint density at radius 1 is 1.10 bits per heavy atom. The molecule has 0 radical (unpaired) electrons. The fourth-order valence-corrected chi connectivity index (χ4v) is 3.37. The van der Waals surface area contributed by atoms with E-state index in [-0.39, 0.29) is 41.6 Å². The highest BCUT2D eigenvalue weighted by Crippen LogP contribution is 2.17. The highest BCUT2D eigenvalue weighted by atomic mass is 127. The summed E-state index contributed by atoms with van der Waals surface area (Å²) < 4.78 is 13.0. The van der Waals surface area contributed by atoms with Crippen LogP contribution in [0.2, 0.25) is 0 Å². The van der Waals surface area contributed by atoms with Gasteiger partial charge in [0, 0.05) is 45.6 Å². The molecule has 1 unspecified atom stereocenters. The number of amides is 1. The summed E-state index contributed by atoms with van der Waals surface area (Å²) in [5.41, 5.74) is 2.23. The number of halogens is 2. The summed E-state index contributed by atoms with van der Waals surface area (Å²) in [4.78, 5) is 18.4. The molecule has 1 heterocycles. The average Bonchev–Trinajstić information content (AvgIpc) is 3.08. The molecule has 2 aromatic rings. The van der Waals surface area contributed by atoms with Crippen molar-refractivity contribution in [2.75, 3.05) is 26.7 Å². The van der Waals surface area contributed by atoms with Gasteiger partial charge in [0.15, 0.2) is 5.96 Å². The number of likely N-dealkylation sites (tertiary alicyclic amines) is 1. The van der Waals surface area contributed by atoms with Crippen LogP contribution in [0.15, 0.2) is 59.6 Å². The van der Waals surface area contributed by atoms with Crippen LogP contribution < -0.4 is 10.6 Å². The van der Waals surface area contributed by atoms with Crippen LogP contribution in [-0.4, -0.2) is 43.4 Å². The van der Waals surface area contributed by atoms with E-state index in [1.54, 1.807) is 19.2 Å². The standard InChI is InChI=1S/C22H27FN4O.HI/c1-24-22(25-14-18-7-9-20(23)10-8-18)26-15-19-13-21(28)27(16-19)12-11-17-5-3-2-4-6-17;/h2-10,19H,11-16H2,1H3,(H2,24,25,26);1H. The Morgan fingerprint density at radius 2 is 1.83 bits per heavy atom. The second-order valence-corrected chi connectivity index (χ2v) is 7.08. The van der Waals surface area contributed by atoms with E-state index in [0.717, 1.165) is 25.1 Å². The zero-order chi connectivity index (χ0) is 19.8. The molecule has 1 atom stereocenters. The first-order chi connectivity index (χ1) is 13.6. The van der Waals surface area contributed by atoms with E-state index in [0.29, 0.717) is 25.5 Å². The number of rotatable bonds is 7. The van der Waals surface area contributed by atoms with Crippen molar-refractivity contribution < 1.29 is 9.18 Å². The summed E-state index contributed by atoms with van der Waals surface area (Å²) in [6, 6.07) is 16.6. The van der Waals surface area contributed by atoms with Gasteiger partial charge in [-0.1, -0.05) is 42.5 Å². The smallest absolute Gasteiger partial charge is 0.223 e. The lowest BCUT2D eigenvalue weighted by Gasteiger charge is -2.18. The molecule has 0 spiro atoms.